The minimum absolute atomic E-state index is 0.104. The Balaban J connectivity index is 1.66. The summed E-state index contributed by atoms with van der Waals surface area (Å²) in [5.41, 5.74) is 1.43. The molecule has 1 aliphatic carbocycles. The molecule has 0 aliphatic heterocycles. The number of benzene rings is 2. The van der Waals surface area contributed by atoms with Crippen LogP contribution in [0, 0.1) is 5.82 Å². The monoisotopic (exact) mass is 353 g/mol. The van der Waals surface area contributed by atoms with Gasteiger partial charge in [-0.1, -0.05) is 35.9 Å². The van der Waals surface area contributed by atoms with E-state index in [2.05, 4.69) is 4.72 Å². The van der Waals surface area contributed by atoms with E-state index in [9.17, 15) is 12.8 Å². The third-order valence-corrected chi connectivity index (χ3v) is 5.72. The Morgan fingerprint density at radius 2 is 1.83 bits per heavy atom. The SMILES string of the molecule is O=S(=O)(Cc1cccc(Cl)c1)NCC1(c2ccc(F)cc2)CC1. The van der Waals surface area contributed by atoms with E-state index in [0.29, 0.717) is 17.1 Å². The van der Waals surface area contributed by atoms with Gasteiger partial charge in [0.15, 0.2) is 0 Å². The molecule has 0 aromatic heterocycles. The first kappa shape index (κ1) is 16.4. The summed E-state index contributed by atoms with van der Waals surface area (Å²) < 4.78 is 40.2. The minimum atomic E-state index is -3.44. The molecule has 0 unspecified atom stereocenters. The molecule has 2 aromatic rings. The molecule has 3 nitrogen and oxygen atoms in total. The molecule has 3 rings (SSSR count). The summed E-state index contributed by atoms with van der Waals surface area (Å²) in [4.78, 5) is 0. The normalized spacial score (nSPS) is 16.3. The lowest BCUT2D eigenvalue weighted by Gasteiger charge is -2.17. The van der Waals surface area contributed by atoms with E-state index in [1.807, 2.05) is 0 Å². The van der Waals surface area contributed by atoms with Crippen molar-refractivity contribution in [2.45, 2.75) is 24.0 Å². The smallest absolute Gasteiger partial charge is 0.214 e. The lowest BCUT2D eigenvalue weighted by atomic mass is 9.96. The Morgan fingerprint density at radius 1 is 1.13 bits per heavy atom. The summed E-state index contributed by atoms with van der Waals surface area (Å²) >= 11 is 5.88. The molecule has 1 N–H and O–H groups in total. The van der Waals surface area contributed by atoms with Crippen molar-refractivity contribution in [2.75, 3.05) is 6.54 Å². The molecule has 0 radical (unpaired) electrons. The van der Waals surface area contributed by atoms with Crippen LogP contribution in [0.3, 0.4) is 0 Å². The van der Waals surface area contributed by atoms with Gasteiger partial charge in [-0.15, -0.1) is 0 Å². The number of hydrogen-bond donors (Lipinski definition) is 1. The van der Waals surface area contributed by atoms with Gasteiger partial charge in [0.25, 0.3) is 0 Å². The number of halogens is 2. The lowest BCUT2D eigenvalue weighted by Crippen LogP contribution is -2.33. The maximum Gasteiger partial charge on any atom is 0.215 e. The Hall–Kier alpha value is -1.43. The molecule has 0 amide bonds. The van der Waals surface area contributed by atoms with Gasteiger partial charge in [0, 0.05) is 17.0 Å². The van der Waals surface area contributed by atoms with Crippen molar-refractivity contribution in [3.8, 4) is 0 Å². The van der Waals surface area contributed by atoms with Crippen molar-refractivity contribution in [3.63, 3.8) is 0 Å². The highest BCUT2D eigenvalue weighted by Crippen LogP contribution is 2.47. The van der Waals surface area contributed by atoms with Crippen molar-refractivity contribution in [1.29, 1.82) is 0 Å². The van der Waals surface area contributed by atoms with Gasteiger partial charge < -0.3 is 0 Å². The minimum Gasteiger partial charge on any atom is -0.214 e. The second-order valence-corrected chi connectivity index (χ2v) is 8.24. The zero-order chi connectivity index (χ0) is 16.5. The van der Waals surface area contributed by atoms with E-state index in [0.717, 1.165) is 18.4 Å². The molecule has 0 spiro atoms. The van der Waals surface area contributed by atoms with Crippen LogP contribution in [0.1, 0.15) is 24.0 Å². The van der Waals surface area contributed by atoms with E-state index < -0.39 is 10.0 Å². The molecule has 122 valence electrons. The molecule has 0 heterocycles. The maximum atomic E-state index is 13.0. The van der Waals surface area contributed by atoms with Gasteiger partial charge >= 0.3 is 0 Å². The zero-order valence-electron chi connectivity index (χ0n) is 12.4. The Morgan fingerprint density at radius 3 is 2.43 bits per heavy atom. The van der Waals surface area contributed by atoms with Gasteiger partial charge in [0.2, 0.25) is 10.0 Å². The molecule has 2 aromatic carbocycles. The average Bonchev–Trinajstić information content (AvgIpc) is 3.27. The van der Waals surface area contributed by atoms with E-state index in [1.165, 1.54) is 12.1 Å². The summed E-state index contributed by atoms with van der Waals surface area (Å²) in [5.74, 6) is -0.390. The van der Waals surface area contributed by atoms with Crippen molar-refractivity contribution < 1.29 is 12.8 Å². The zero-order valence-corrected chi connectivity index (χ0v) is 14.0. The number of rotatable bonds is 6. The van der Waals surface area contributed by atoms with Gasteiger partial charge in [0.1, 0.15) is 5.82 Å². The molecule has 1 fully saturated rings. The fourth-order valence-electron chi connectivity index (χ4n) is 2.67. The predicted molar refractivity (Wildman–Crippen MR) is 89.4 cm³/mol. The van der Waals surface area contributed by atoms with Crippen molar-refractivity contribution >= 4 is 21.6 Å². The maximum absolute atomic E-state index is 13.0. The molecular formula is C17H17ClFNO2S. The lowest BCUT2D eigenvalue weighted by molar-refractivity contribution is 0.565. The highest BCUT2D eigenvalue weighted by molar-refractivity contribution is 7.88. The standard InChI is InChI=1S/C17H17ClFNO2S/c18-15-3-1-2-13(10-15)11-23(21,22)20-12-17(8-9-17)14-4-6-16(19)7-5-14/h1-7,10,20H,8-9,11-12H2. The summed E-state index contributed by atoms with van der Waals surface area (Å²) in [6.07, 6.45) is 1.80. The molecule has 1 saturated carbocycles. The van der Waals surface area contributed by atoms with Crippen molar-refractivity contribution in [3.05, 3.63) is 70.5 Å². The first-order valence-electron chi connectivity index (χ1n) is 7.36. The first-order valence-corrected chi connectivity index (χ1v) is 9.39. The van der Waals surface area contributed by atoms with E-state index in [-0.39, 0.29) is 17.0 Å². The summed E-state index contributed by atoms with van der Waals surface area (Å²) in [6.45, 7) is 0.335. The van der Waals surface area contributed by atoms with Crippen molar-refractivity contribution in [1.82, 2.24) is 4.72 Å². The van der Waals surface area contributed by atoms with Gasteiger partial charge in [-0.05, 0) is 48.2 Å². The second-order valence-electron chi connectivity index (χ2n) is 6.00. The van der Waals surface area contributed by atoms with Crippen LogP contribution in [0.5, 0.6) is 0 Å². The van der Waals surface area contributed by atoms with Crippen LogP contribution in [0.4, 0.5) is 4.39 Å². The Kier molecular flexibility index (Phi) is 4.45. The number of sulfonamides is 1. The van der Waals surface area contributed by atoms with Crippen LogP contribution in [-0.4, -0.2) is 15.0 Å². The average molecular weight is 354 g/mol. The van der Waals surface area contributed by atoms with E-state index >= 15 is 0 Å². The van der Waals surface area contributed by atoms with Gasteiger partial charge in [0.05, 0.1) is 5.75 Å². The molecule has 0 saturated heterocycles. The van der Waals surface area contributed by atoms with Gasteiger partial charge in [-0.2, -0.15) is 0 Å². The van der Waals surface area contributed by atoms with E-state index in [4.69, 9.17) is 11.6 Å². The number of nitrogens with one attached hydrogen (secondary N) is 1. The highest BCUT2D eigenvalue weighted by atomic mass is 35.5. The van der Waals surface area contributed by atoms with Crippen molar-refractivity contribution in [2.24, 2.45) is 0 Å². The van der Waals surface area contributed by atoms with Crippen LogP contribution >= 0.6 is 11.6 Å². The third kappa shape index (κ3) is 4.10. The predicted octanol–water partition coefficient (Wildman–Crippen LogP) is 3.63. The third-order valence-electron chi connectivity index (χ3n) is 4.19. The molecule has 23 heavy (non-hydrogen) atoms. The fourth-order valence-corrected chi connectivity index (χ4v) is 4.10. The van der Waals surface area contributed by atoms with Crippen LogP contribution in [0.25, 0.3) is 0 Å². The first-order chi connectivity index (χ1) is 10.9. The fraction of sp³-hybridized carbons (Fsp3) is 0.294. The van der Waals surface area contributed by atoms with E-state index in [1.54, 1.807) is 36.4 Å². The molecule has 6 heteroatoms. The second kappa shape index (κ2) is 6.23. The van der Waals surface area contributed by atoms with Crippen LogP contribution < -0.4 is 4.72 Å². The van der Waals surface area contributed by atoms with Crippen LogP contribution in [-0.2, 0) is 21.2 Å². The van der Waals surface area contributed by atoms with Gasteiger partial charge in [-0.3, -0.25) is 0 Å². The molecule has 1 aliphatic rings. The summed E-state index contributed by atoms with van der Waals surface area (Å²) in [6, 6.07) is 13.1. The molecule has 0 bridgehead atoms. The quantitative estimate of drug-likeness (QED) is 0.862. The summed E-state index contributed by atoms with van der Waals surface area (Å²) in [5, 5.41) is 0.516. The number of hydrogen-bond acceptors (Lipinski definition) is 2. The molecular weight excluding hydrogens is 337 g/mol. The van der Waals surface area contributed by atoms with Crippen LogP contribution in [0.2, 0.25) is 5.02 Å². The molecule has 0 atom stereocenters. The largest absolute Gasteiger partial charge is 0.215 e. The van der Waals surface area contributed by atoms with Crippen LogP contribution in [0.15, 0.2) is 48.5 Å². The summed E-state index contributed by atoms with van der Waals surface area (Å²) in [7, 11) is -3.44. The Labute approximate surface area is 140 Å². The van der Waals surface area contributed by atoms with Gasteiger partial charge in [-0.25, -0.2) is 17.5 Å². The Bertz CT molecular complexity index is 802. The highest BCUT2D eigenvalue weighted by Gasteiger charge is 2.44. The topological polar surface area (TPSA) is 46.2 Å².